The molecule has 0 radical (unpaired) electrons. The molecular weight excluding hydrogens is 154 g/mol. The summed E-state index contributed by atoms with van der Waals surface area (Å²) in [5.41, 5.74) is 6.67. The minimum absolute atomic E-state index is 0.262. The molecule has 0 atom stereocenters. The average molecular weight is 169 g/mol. The van der Waals surface area contributed by atoms with Gasteiger partial charge in [0.1, 0.15) is 5.76 Å². The van der Waals surface area contributed by atoms with Gasteiger partial charge in [-0.2, -0.15) is 0 Å². The zero-order valence-corrected chi connectivity index (χ0v) is 7.69. The van der Waals surface area contributed by atoms with Crippen LogP contribution in [0.5, 0.6) is 0 Å². The van der Waals surface area contributed by atoms with Crippen molar-refractivity contribution in [2.24, 2.45) is 0 Å². The van der Waals surface area contributed by atoms with E-state index in [4.69, 9.17) is 10.1 Å². The molecule has 68 valence electrons. The van der Waals surface area contributed by atoms with Crippen LogP contribution in [0.3, 0.4) is 0 Å². The Bertz CT molecular complexity index is 208. The molecule has 0 aliphatic carbocycles. The van der Waals surface area contributed by atoms with Crippen LogP contribution in [0.4, 0.5) is 0 Å². The van der Waals surface area contributed by atoms with Crippen LogP contribution < -0.4 is 10.9 Å². The molecule has 0 saturated carbocycles. The third kappa shape index (κ3) is 3.78. The highest BCUT2D eigenvalue weighted by Gasteiger charge is 1.97. The van der Waals surface area contributed by atoms with Gasteiger partial charge in [0.2, 0.25) is 0 Å². The van der Waals surface area contributed by atoms with Crippen LogP contribution in [0, 0.1) is 5.41 Å². The average Bonchev–Trinajstić information content (AvgIpc) is 2.03. The predicted octanol–water partition coefficient (Wildman–Crippen LogP) is 0.794. The lowest BCUT2D eigenvalue weighted by molar-refractivity contribution is 0.317. The van der Waals surface area contributed by atoms with Gasteiger partial charge in [0, 0.05) is 12.7 Å². The molecule has 0 rings (SSSR count). The zero-order chi connectivity index (χ0) is 9.56. The highest BCUT2D eigenvalue weighted by atomic mass is 16.5. The molecule has 0 aliphatic heterocycles. The molecule has 0 saturated heterocycles. The third-order valence-corrected chi connectivity index (χ3v) is 1.23. The summed E-state index contributed by atoms with van der Waals surface area (Å²) in [6.07, 6.45) is 1.63. The van der Waals surface area contributed by atoms with Gasteiger partial charge in [0.25, 0.3) is 0 Å². The molecule has 0 aromatic carbocycles. The number of methoxy groups -OCH3 is 1. The number of hydrazine groups is 1. The van der Waals surface area contributed by atoms with E-state index in [9.17, 15) is 0 Å². The predicted molar refractivity (Wildman–Crippen MR) is 49.8 cm³/mol. The lowest BCUT2D eigenvalue weighted by Gasteiger charge is -2.05. The molecule has 0 aromatic rings. The Hall–Kier alpha value is -1.29. The molecular formula is C8H15N3O. The Kier molecular flexibility index (Phi) is 4.79. The van der Waals surface area contributed by atoms with E-state index in [-0.39, 0.29) is 5.71 Å². The summed E-state index contributed by atoms with van der Waals surface area (Å²) in [5, 5.41) is 7.43. The molecule has 0 aromatic heterocycles. The Morgan fingerprint density at radius 2 is 2.17 bits per heavy atom. The number of nitrogens with one attached hydrogen (secondary N) is 3. The van der Waals surface area contributed by atoms with Crippen LogP contribution >= 0.6 is 0 Å². The molecule has 4 heteroatoms. The van der Waals surface area contributed by atoms with Crippen LogP contribution in [0.1, 0.15) is 6.92 Å². The summed E-state index contributed by atoms with van der Waals surface area (Å²) < 4.78 is 4.78. The smallest absolute Gasteiger partial charge is 0.136 e. The number of allylic oxidation sites excluding steroid dienone is 2. The second kappa shape index (κ2) is 5.37. The van der Waals surface area contributed by atoms with E-state index < -0.39 is 0 Å². The maximum Gasteiger partial charge on any atom is 0.136 e. The van der Waals surface area contributed by atoms with Gasteiger partial charge in [-0.15, -0.1) is 0 Å². The summed E-state index contributed by atoms with van der Waals surface area (Å²) >= 11 is 0. The summed E-state index contributed by atoms with van der Waals surface area (Å²) in [4.78, 5) is 0. The number of hydrogen-bond acceptors (Lipinski definition) is 4. The second-order valence-corrected chi connectivity index (χ2v) is 2.24. The summed E-state index contributed by atoms with van der Waals surface area (Å²) in [6.45, 7) is 5.39. The highest BCUT2D eigenvalue weighted by Crippen LogP contribution is 1.97. The Morgan fingerprint density at radius 1 is 1.58 bits per heavy atom. The van der Waals surface area contributed by atoms with Crippen LogP contribution in [-0.2, 0) is 4.74 Å². The molecule has 0 aliphatic rings. The van der Waals surface area contributed by atoms with E-state index in [2.05, 4.69) is 17.4 Å². The van der Waals surface area contributed by atoms with E-state index in [1.165, 1.54) is 7.11 Å². The van der Waals surface area contributed by atoms with Crippen molar-refractivity contribution in [2.75, 3.05) is 14.2 Å². The van der Waals surface area contributed by atoms with Crippen LogP contribution in [-0.4, -0.2) is 19.9 Å². The van der Waals surface area contributed by atoms with Crippen molar-refractivity contribution in [3.8, 4) is 0 Å². The second-order valence-electron chi connectivity index (χ2n) is 2.24. The van der Waals surface area contributed by atoms with Crippen molar-refractivity contribution in [3.63, 3.8) is 0 Å². The van der Waals surface area contributed by atoms with Gasteiger partial charge in [0.15, 0.2) is 0 Å². The fourth-order valence-electron chi connectivity index (χ4n) is 0.640. The van der Waals surface area contributed by atoms with Gasteiger partial charge in [-0.05, 0) is 13.0 Å². The van der Waals surface area contributed by atoms with Gasteiger partial charge in [-0.3, -0.25) is 5.41 Å². The van der Waals surface area contributed by atoms with E-state index in [0.717, 1.165) is 5.70 Å². The first kappa shape index (κ1) is 10.7. The lowest BCUT2D eigenvalue weighted by Crippen LogP contribution is -2.25. The van der Waals surface area contributed by atoms with Gasteiger partial charge in [0.05, 0.1) is 12.8 Å². The Morgan fingerprint density at radius 3 is 2.58 bits per heavy atom. The standard InChI is InChI=1S/C8H15N3O/c1-6(11-10-3)5-8(9)7(2)12-4/h5,9-11H,2H2,1,3-4H3/b6-5-,9-8?. The topological polar surface area (TPSA) is 57.1 Å². The van der Waals surface area contributed by atoms with Crippen molar-refractivity contribution in [1.29, 1.82) is 5.41 Å². The molecule has 0 spiro atoms. The van der Waals surface area contributed by atoms with Crippen molar-refractivity contribution in [1.82, 2.24) is 10.9 Å². The quantitative estimate of drug-likeness (QED) is 0.324. The number of rotatable bonds is 5. The first-order chi connectivity index (χ1) is 5.61. The van der Waals surface area contributed by atoms with Crippen LogP contribution in [0.15, 0.2) is 24.1 Å². The Labute approximate surface area is 72.8 Å². The van der Waals surface area contributed by atoms with Gasteiger partial charge in [-0.1, -0.05) is 6.58 Å². The van der Waals surface area contributed by atoms with E-state index in [1.807, 2.05) is 6.92 Å². The van der Waals surface area contributed by atoms with Crippen LogP contribution in [0.2, 0.25) is 0 Å². The van der Waals surface area contributed by atoms with Crippen molar-refractivity contribution in [3.05, 3.63) is 24.1 Å². The molecule has 12 heavy (non-hydrogen) atoms. The molecule has 3 N–H and O–H groups in total. The maximum atomic E-state index is 7.43. The molecule has 0 heterocycles. The van der Waals surface area contributed by atoms with Gasteiger partial charge >= 0.3 is 0 Å². The minimum atomic E-state index is 0.262. The Balaban J connectivity index is 4.13. The normalized spacial score (nSPS) is 10.8. The summed E-state index contributed by atoms with van der Waals surface area (Å²) in [6, 6.07) is 0. The molecule has 0 bridgehead atoms. The van der Waals surface area contributed by atoms with E-state index >= 15 is 0 Å². The van der Waals surface area contributed by atoms with Gasteiger partial charge < -0.3 is 10.2 Å². The molecule has 4 nitrogen and oxygen atoms in total. The first-order valence-corrected chi connectivity index (χ1v) is 3.54. The molecule has 0 fully saturated rings. The fraction of sp³-hybridized carbons (Fsp3) is 0.375. The van der Waals surface area contributed by atoms with E-state index in [0.29, 0.717) is 5.76 Å². The monoisotopic (exact) mass is 169 g/mol. The van der Waals surface area contributed by atoms with Crippen LogP contribution in [0.25, 0.3) is 0 Å². The first-order valence-electron chi connectivity index (χ1n) is 3.54. The highest BCUT2D eigenvalue weighted by molar-refractivity contribution is 6.04. The number of ether oxygens (including phenoxy) is 1. The van der Waals surface area contributed by atoms with Crippen molar-refractivity contribution >= 4 is 5.71 Å². The van der Waals surface area contributed by atoms with Gasteiger partial charge in [-0.25, -0.2) is 5.43 Å². The fourth-order valence-corrected chi connectivity index (χ4v) is 0.640. The molecule has 0 unspecified atom stereocenters. The number of hydrogen-bond donors (Lipinski definition) is 3. The minimum Gasteiger partial charge on any atom is -0.495 e. The zero-order valence-electron chi connectivity index (χ0n) is 7.69. The largest absolute Gasteiger partial charge is 0.495 e. The lowest BCUT2D eigenvalue weighted by atomic mass is 10.3. The third-order valence-electron chi connectivity index (χ3n) is 1.23. The maximum absolute atomic E-state index is 7.43. The SMILES string of the molecule is C=C(OC)C(=N)/C=C(/C)NNC. The summed E-state index contributed by atoms with van der Waals surface area (Å²) in [5.74, 6) is 0.354. The molecule has 0 amide bonds. The summed E-state index contributed by atoms with van der Waals surface area (Å²) in [7, 11) is 3.25. The van der Waals surface area contributed by atoms with Crippen molar-refractivity contribution in [2.45, 2.75) is 6.92 Å². The van der Waals surface area contributed by atoms with E-state index in [1.54, 1.807) is 13.1 Å². The van der Waals surface area contributed by atoms with Crippen molar-refractivity contribution < 1.29 is 4.74 Å².